The summed E-state index contributed by atoms with van der Waals surface area (Å²) in [4.78, 5) is 0. The van der Waals surface area contributed by atoms with E-state index >= 15 is 0 Å². The second kappa shape index (κ2) is 3.23. The fourth-order valence-electron chi connectivity index (χ4n) is 2.81. The van der Waals surface area contributed by atoms with E-state index in [1.807, 2.05) is 12.1 Å². The van der Waals surface area contributed by atoms with Crippen LogP contribution in [0, 0.1) is 5.92 Å². The molecule has 2 aliphatic carbocycles. The fraction of sp³-hybridized carbons (Fsp3) is 0.538. The smallest absolute Gasteiger partial charge is 0.0406 e. The molecule has 0 heterocycles. The van der Waals surface area contributed by atoms with Crippen LogP contribution in [-0.4, -0.2) is 5.54 Å². The first kappa shape index (κ1) is 9.68. The van der Waals surface area contributed by atoms with E-state index in [0.29, 0.717) is 5.92 Å². The quantitative estimate of drug-likeness (QED) is 0.815. The number of hydrogen-bond donors (Lipinski definition) is 1. The molecule has 1 aromatic carbocycles. The average Bonchev–Trinajstić information content (AvgIpc) is 2.76. The average molecular weight is 222 g/mol. The lowest BCUT2D eigenvalue weighted by Gasteiger charge is -2.32. The lowest BCUT2D eigenvalue weighted by Crippen LogP contribution is -2.38. The molecule has 2 atom stereocenters. The molecule has 15 heavy (non-hydrogen) atoms. The van der Waals surface area contributed by atoms with Gasteiger partial charge in [-0.25, -0.2) is 0 Å². The Labute approximate surface area is 95.6 Å². The van der Waals surface area contributed by atoms with Gasteiger partial charge in [0.15, 0.2) is 0 Å². The number of benzene rings is 1. The molecule has 0 radical (unpaired) electrons. The van der Waals surface area contributed by atoms with Crippen molar-refractivity contribution in [1.29, 1.82) is 0 Å². The van der Waals surface area contributed by atoms with Gasteiger partial charge in [0.25, 0.3) is 0 Å². The van der Waals surface area contributed by atoms with Gasteiger partial charge in [-0.3, -0.25) is 0 Å². The maximum absolute atomic E-state index is 6.43. The minimum Gasteiger partial charge on any atom is -0.324 e. The van der Waals surface area contributed by atoms with Gasteiger partial charge in [-0.1, -0.05) is 30.2 Å². The lowest BCUT2D eigenvalue weighted by molar-refractivity contribution is 0.242. The van der Waals surface area contributed by atoms with E-state index in [1.54, 1.807) is 0 Å². The Morgan fingerprint density at radius 1 is 1.20 bits per heavy atom. The van der Waals surface area contributed by atoms with E-state index in [0.717, 1.165) is 10.9 Å². The summed E-state index contributed by atoms with van der Waals surface area (Å²) in [7, 11) is 0. The molecule has 0 aliphatic heterocycles. The van der Waals surface area contributed by atoms with Crippen molar-refractivity contribution in [2.45, 2.75) is 37.1 Å². The summed E-state index contributed by atoms with van der Waals surface area (Å²) >= 11 is 5.88. The second-order valence-corrected chi connectivity index (χ2v) is 5.48. The van der Waals surface area contributed by atoms with Crippen LogP contribution in [0.4, 0.5) is 0 Å². The zero-order valence-electron chi connectivity index (χ0n) is 8.75. The zero-order chi connectivity index (χ0) is 10.5. The minimum absolute atomic E-state index is 0.117. The summed E-state index contributed by atoms with van der Waals surface area (Å²) in [6.07, 6.45) is 5.21. The lowest BCUT2D eigenvalue weighted by atomic mass is 9.77. The largest absolute Gasteiger partial charge is 0.324 e. The Kier molecular flexibility index (Phi) is 2.08. The first-order chi connectivity index (χ1) is 7.20. The molecule has 2 N–H and O–H groups in total. The van der Waals surface area contributed by atoms with Crippen LogP contribution < -0.4 is 5.73 Å². The molecule has 0 aromatic heterocycles. The Hall–Kier alpha value is -0.530. The van der Waals surface area contributed by atoms with E-state index in [4.69, 9.17) is 17.3 Å². The monoisotopic (exact) mass is 221 g/mol. The predicted octanol–water partition coefficient (Wildman–Crippen LogP) is 3.32. The summed E-state index contributed by atoms with van der Waals surface area (Å²) in [6.45, 7) is 0. The highest BCUT2D eigenvalue weighted by Crippen LogP contribution is 2.58. The van der Waals surface area contributed by atoms with Crippen LogP contribution in [0.2, 0.25) is 5.02 Å². The molecule has 0 amide bonds. The third-order valence-corrected chi connectivity index (χ3v) is 4.44. The van der Waals surface area contributed by atoms with Crippen molar-refractivity contribution >= 4 is 11.6 Å². The van der Waals surface area contributed by atoms with Crippen LogP contribution in [-0.2, 0) is 0 Å². The Bertz CT molecular complexity index is 369. The zero-order valence-corrected chi connectivity index (χ0v) is 9.50. The van der Waals surface area contributed by atoms with E-state index in [-0.39, 0.29) is 5.54 Å². The van der Waals surface area contributed by atoms with Gasteiger partial charge in [-0.05, 0) is 42.9 Å². The van der Waals surface area contributed by atoms with Crippen molar-refractivity contribution in [3.63, 3.8) is 0 Å². The molecular formula is C13H16ClN. The van der Waals surface area contributed by atoms with Gasteiger partial charge < -0.3 is 5.73 Å². The molecule has 2 aliphatic rings. The Morgan fingerprint density at radius 2 is 1.87 bits per heavy atom. The van der Waals surface area contributed by atoms with Gasteiger partial charge in [0, 0.05) is 16.5 Å². The van der Waals surface area contributed by atoms with Crippen LogP contribution in [0.15, 0.2) is 24.3 Å². The molecule has 2 fully saturated rings. The third-order valence-electron chi connectivity index (χ3n) is 4.18. The van der Waals surface area contributed by atoms with Crippen molar-refractivity contribution in [3.8, 4) is 0 Å². The van der Waals surface area contributed by atoms with Gasteiger partial charge >= 0.3 is 0 Å². The van der Waals surface area contributed by atoms with Crippen LogP contribution in [0.3, 0.4) is 0 Å². The maximum Gasteiger partial charge on any atom is 0.0406 e. The fourth-order valence-corrected chi connectivity index (χ4v) is 2.94. The van der Waals surface area contributed by atoms with Crippen LogP contribution >= 0.6 is 11.6 Å². The molecular weight excluding hydrogens is 206 g/mol. The van der Waals surface area contributed by atoms with E-state index in [9.17, 15) is 0 Å². The number of rotatable bonds is 2. The molecule has 80 valence electrons. The first-order valence-corrected chi connectivity index (χ1v) is 6.12. The SMILES string of the molecule is NC1(C2CCC2)CC1c1ccc(Cl)cc1. The minimum atomic E-state index is 0.117. The summed E-state index contributed by atoms with van der Waals surface area (Å²) in [6, 6.07) is 8.19. The Morgan fingerprint density at radius 3 is 2.40 bits per heavy atom. The first-order valence-electron chi connectivity index (χ1n) is 5.74. The molecule has 0 saturated heterocycles. The molecule has 0 bridgehead atoms. The van der Waals surface area contributed by atoms with E-state index in [2.05, 4.69) is 12.1 Å². The van der Waals surface area contributed by atoms with Gasteiger partial charge in [0.1, 0.15) is 0 Å². The third kappa shape index (κ3) is 1.49. The summed E-state index contributed by atoms with van der Waals surface area (Å²) in [5, 5.41) is 0.811. The van der Waals surface area contributed by atoms with E-state index in [1.165, 1.54) is 31.2 Å². The normalized spacial score (nSPS) is 34.9. The summed E-state index contributed by atoms with van der Waals surface area (Å²) in [5.41, 5.74) is 7.92. The van der Waals surface area contributed by atoms with Crippen LogP contribution in [0.1, 0.15) is 37.2 Å². The summed E-state index contributed by atoms with van der Waals surface area (Å²) in [5.74, 6) is 1.36. The van der Waals surface area contributed by atoms with Crippen LogP contribution in [0.25, 0.3) is 0 Å². The van der Waals surface area contributed by atoms with Crippen LogP contribution in [0.5, 0.6) is 0 Å². The highest BCUT2D eigenvalue weighted by molar-refractivity contribution is 6.30. The van der Waals surface area contributed by atoms with Gasteiger partial charge in [-0.2, -0.15) is 0 Å². The van der Waals surface area contributed by atoms with E-state index < -0.39 is 0 Å². The highest BCUT2D eigenvalue weighted by atomic mass is 35.5. The second-order valence-electron chi connectivity index (χ2n) is 5.05. The molecule has 2 saturated carbocycles. The topological polar surface area (TPSA) is 26.0 Å². The van der Waals surface area contributed by atoms with Crippen molar-refractivity contribution in [3.05, 3.63) is 34.9 Å². The number of halogens is 1. The van der Waals surface area contributed by atoms with Gasteiger partial charge in [0.2, 0.25) is 0 Å². The molecule has 2 heteroatoms. The maximum atomic E-state index is 6.43. The molecule has 2 unspecified atom stereocenters. The standard InChI is InChI=1S/C13H16ClN/c14-11-6-4-9(5-7-11)12-8-13(12,15)10-2-1-3-10/h4-7,10,12H,1-3,8,15H2. The predicted molar refractivity (Wildman–Crippen MR) is 63.1 cm³/mol. The van der Waals surface area contributed by atoms with Gasteiger partial charge in [-0.15, -0.1) is 0 Å². The van der Waals surface area contributed by atoms with Gasteiger partial charge in [0.05, 0.1) is 0 Å². The highest BCUT2D eigenvalue weighted by Gasteiger charge is 2.57. The summed E-state index contributed by atoms with van der Waals surface area (Å²) < 4.78 is 0. The molecule has 1 aromatic rings. The van der Waals surface area contributed by atoms with Crippen molar-refractivity contribution < 1.29 is 0 Å². The Balaban J connectivity index is 1.77. The van der Waals surface area contributed by atoms with Crippen molar-refractivity contribution in [2.24, 2.45) is 11.7 Å². The van der Waals surface area contributed by atoms with Crippen molar-refractivity contribution in [1.82, 2.24) is 0 Å². The molecule has 3 rings (SSSR count). The molecule has 1 nitrogen and oxygen atoms in total. The van der Waals surface area contributed by atoms with Crippen molar-refractivity contribution in [2.75, 3.05) is 0 Å². The molecule has 0 spiro atoms. The number of hydrogen-bond acceptors (Lipinski definition) is 1. The number of nitrogens with two attached hydrogens (primary N) is 1.